The maximum atomic E-state index is 12.8. The second-order valence-electron chi connectivity index (χ2n) is 5.39. The predicted octanol–water partition coefficient (Wildman–Crippen LogP) is 4.55. The molecule has 3 aromatic heterocycles. The topological polar surface area (TPSA) is 67.0 Å². The number of thiophene rings is 1. The third kappa shape index (κ3) is 3.02. The number of fused-ring (bicyclic) bond motifs is 1. The van der Waals surface area contributed by atoms with Gasteiger partial charge in [0.15, 0.2) is 5.13 Å². The zero-order chi connectivity index (χ0) is 17.4. The number of nitrogens with zero attached hydrogens (tertiary/aromatic N) is 2. The van der Waals surface area contributed by atoms with Gasteiger partial charge >= 0.3 is 0 Å². The maximum absolute atomic E-state index is 12.8. The van der Waals surface area contributed by atoms with E-state index < -0.39 is 11.4 Å². The average molecular weight is 389 g/mol. The van der Waals surface area contributed by atoms with Gasteiger partial charge in [-0.3, -0.25) is 0 Å². The molecule has 0 aliphatic rings. The summed E-state index contributed by atoms with van der Waals surface area (Å²) < 4.78 is 15.4. The van der Waals surface area contributed by atoms with Crippen LogP contribution in [-0.2, 0) is 11.4 Å². The van der Waals surface area contributed by atoms with Crippen molar-refractivity contribution in [1.29, 1.82) is 0 Å². The smallest absolute Gasteiger partial charge is 0.233 e. The highest BCUT2D eigenvalue weighted by Gasteiger charge is 2.22. The van der Waals surface area contributed by atoms with E-state index in [0.717, 1.165) is 37.3 Å². The summed E-state index contributed by atoms with van der Waals surface area (Å²) >= 11 is 1.84. The van der Waals surface area contributed by atoms with Gasteiger partial charge in [0.05, 0.1) is 24.0 Å². The minimum Gasteiger partial charge on any atom is -0.587 e. The maximum Gasteiger partial charge on any atom is 0.233 e. The van der Waals surface area contributed by atoms with E-state index in [1.165, 1.54) is 11.3 Å². The number of hydrogen-bond acceptors (Lipinski definition) is 6. The molecule has 0 radical (unpaired) electrons. The Morgan fingerprint density at radius 3 is 2.84 bits per heavy atom. The molecule has 0 spiro atoms. The Morgan fingerprint density at radius 2 is 2.12 bits per heavy atom. The number of H-pyrrole nitrogens is 1. The number of para-hydroxylation sites is 1. The van der Waals surface area contributed by atoms with Gasteiger partial charge in [-0.1, -0.05) is 23.5 Å². The molecule has 128 valence electrons. The summed E-state index contributed by atoms with van der Waals surface area (Å²) in [5.41, 5.74) is 3.72. The Bertz CT molecular complexity index is 993. The van der Waals surface area contributed by atoms with Crippen molar-refractivity contribution in [1.82, 2.24) is 9.97 Å². The third-order valence-electron chi connectivity index (χ3n) is 3.88. The molecule has 4 aromatic rings. The van der Waals surface area contributed by atoms with E-state index in [-0.39, 0.29) is 0 Å². The third-order valence-corrected chi connectivity index (χ3v) is 7.30. The molecule has 3 heterocycles. The molecule has 0 amide bonds. The van der Waals surface area contributed by atoms with Gasteiger partial charge < -0.3 is 14.9 Å². The molecule has 4 rings (SSSR count). The molecule has 25 heavy (non-hydrogen) atoms. The lowest BCUT2D eigenvalue weighted by atomic mass is 10.2. The SMILES string of the molecule is CNc1nc(-c2cc3cccc(N(C)[S+]([O-])c4cccs4)c3[nH]2)cs1. The zero-order valence-electron chi connectivity index (χ0n) is 13.6. The molecule has 1 atom stereocenters. The van der Waals surface area contributed by atoms with Gasteiger partial charge in [0.2, 0.25) is 4.21 Å². The van der Waals surface area contributed by atoms with E-state index >= 15 is 0 Å². The molecule has 0 saturated heterocycles. The Balaban J connectivity index is 1.74. The van der Waals surface area contributed by atoms with Gasteiger partial charge in [-0.2, -0.15) is 4.31 Å². The molecule has 8 heteroatoms. The lowest BCUT2D eigenvalue weighted by molar-refractivity contribution is 0.595. The highest BCUT2D eigenvalue weighted by Crippen LogP contribution is 2.34. The van der Waals surface area contributed by atoms with Crippen molar-refractivity contribution in [2.75, 3.05) is 23.7 Å². The van der Waals surface area contributed by atoms with Crippen LogP contribution in [0, 0.1) is 0 Å². The van der Waals surface area contributed by atoms with Crippen LogP contribution in [0.3, 0.4) is 0 Å². The first-order valence-corrected chi connectivity index (χ1v) is 10.5. The van der Waals surface area contributed by atoms with E-state index in [9.17, 15) is 4.55 Å². The Kier molecular flexibility index (Phi) is 4.43. The summed E-state index contributed by atoms with van der Waals surface area (Å²) in [4.78, 5) is 7.99. The zero-order valence-corrected chi connectivity index (χ0v) is 16.1. The number of hydrogen-bond donors (Lipinski definition) is 2. The van der Waals surface area contributed by atoms with Crippen LogP contribution in [-0.4, -0.2) is 28.6 Å². The summed E-state index contributed by atoms with van der Waals surface area (Å²) in [6, 6.07) is 11.9. The normalized spacial score (nSPS) is 12.4. The fraction of sp³-hybridized carbons (Fsp3) is 0.118. The summed E-state index contributed by atoms with van der Waals surface area (Å²) in [5.74, 6) is 0. The first-order valence-electron chi connectivity index (χ1n) is 7.62. The summed E-state index contributed by atoms with van der Waals surface area (Å²) in [5, 5.41) is 8.97. The van der Waals surface area contributed by atoms with Gasteiger partial charge in [-0.05, 0) is 23.6 Å². The highest BCUT2D eigenvalue weighted by atomic mass is 32.2. The second kappa shape index (κ2) is 6.72. The quantitative estimate of drug-likeness (QED) is 0.492. The number of rotatable bonds is 5. The minimum absolute atomic E-state index is 0.837. The number of aromatic nitrogens is 2. The first kappa shape index (κ1) is 16.5. The van der Waals surface area contributed by atoms with Crippen molar-refractivity contribution in [3.05, 3.63) is 47.2 Å². The fourth-order valence-electron chi connectivity index (χ4n) is 2.64. The molecule has 5 nitrogen and oxygen atoms in total. The first-order chi connectivity index (χ1) is 12.2. The highest BCUT2D eigenvalue weighted by molar-refractivity contribution is 7.94. The molecule has 1 aromatic carbocycles. The van der Waals surface area contributed by atoms with Crippen LogP contribution in [0.4, 0.5) is 10.8 Å². The summed E-state index contributed by atoms with van der Waals surface area (Å²) in [7, 11) is 3.72. The number of thiazole rings is 1. The number of anilines is 2. The number of nitrogens with one attached hydrogen (secondary N) is 2. The average Bonchev–Trinajstić information content (AvgIpc) is 3.39. The molecule has 1 unspecified atom stereocenters. The van der Waals surface area contributed by atoms with Crippen LogP contribution in [0.15, 0.2) is 51.4 Å². The molecule has 0 bridgehead atoms. The van der Waals surface area contributed by atoms with Crippen LogP contribution in [0.5, 0.6) is 0 Å². The number of benzene rings is 1. The van der Waals surface area contributed by atoms with Crippen molar-refractivity contribution in [2.24, 2.45) is 0 Å². The van der Waals surface area contributed by atoms with Crippen molar-refractivity contribution in [3.8, 4) is 11.4 Å². The molecule has 0 aliphatic heterocycles. The van der Waals surface area contributed by atoms with Gasteiger partial charge in [-0.15, -0.1) is 11.3 Å². The van der Waals surface area contributed by atoms with Crippen LogP contribution in [0.2, 0.25) is 0 Å². The predicted molar refractivity (Wildman–Crippen MR) is 108 cm³/mol. The molecule has 0 aliphatic carbocycles. The Labute approximate surface area is 156 Å². The Hall–Kier alpha value is -2.00. The van der Waals surface area contributed by atoms with Gasteiger partial charge in [-0.25, -0.2) is 4.98 Å². The van der Waals surface area contributed by atoms with Crippen LogP contribution in [0.1, 0.15) is 0 Å². The summed E-state index contributed by atoms with van der Waals surface area (Å²) in [6.45, 7) is 0. The fourth-order valence-corrected chi connectivity index (χ4v) is 5.39. The van der Waals surface area contributed by atoms with Gasteiger partial charge in [0, 0.05) is 23.9 Å². The molecular weight excluding hydrogens is 372 g/mol. The standard InChI is InChI=1S/C17H16N4OS3/c1-18-17-20-13(10-24-17)12-9-11-5-3-6-14(16(11)19-12)21(2)25(22)15-7-4-8-23-15/h3-10,19H,1-2H3,(H,18,20). The van der Waals surface area contributed by atoms with Crippen LogP contribution in [0.25, 0.3) is 22.3 Å². The van der Waals surface area contributed by atoms with Crippen molar-refractivity contribution in [2.45, 2.75) is 4.21 Å². The summed E-state index contributed by atoms with van der Waals surface area (Å²) in [6.07, 6.45) is 0. The largest absolute Gasteiger partial charge is 0.587 e. The molecular formula is C17H16N4OS3. The van der Waals surface area contributed by atoms with Crippen molar-refractivity contribution in [3.63, 3.8) is 0 Å². The van der Waals surface area contributed by atoms with Crippen molar-refractivity contribution >= 4 is 55.8 Å². The van der Waals surface area contributed by atoms with Crippen LogP contribution >= 0.6 is 22.7 Å². The Morgan fingerprint density at radius 1 is 1.24 bits per heavy atom. The van der Waals surface area contributed by atoms with E-state index in [4.69, 9.17) is 0 Å². The molecule has 0 saturated carbocycles. The van der Waals surface area contributed by atoms with Gasteiger partial charge in [0.1, 0.15) is 17.0 Å². The molecule has 2 N–H and O–H groups in total. The van der Waals surface area contributed by atoms with E-state index in [2.05, 4.69) is 21.4 Å². The molecule has 0 fully saturated rings. The lowest BCUT2D eigenvalue weighted by Crippen LogP contribution is -2.26. The number of aromatic amines is 1. The van der Waals surface area contributed by atoms with Gasteiger partial charge in [0.25, 0.3) is 0 Å². The van der Waals surface area contributed by atoms with E-state index in [1.807, 2.05) is 55.2 Å². The van der Waals surface area contributed by atoms with Crippen LogP contribution < -0.4 is 9.62 Å². The second-order valence-corrected chi connectivity index (χ2v) is 8.94. The minimum atomic E-state index is -1.23. The lowest BCUT2D eigenvalue weighted by Gasteiger charge is -2.20. The monoisotopic (exact) mass is 388 g/mol. The van der Waals surface area contributed by atoms with E-state index in [0.29, 0.717) is 0 Å². The van der Waals surface area contributed by atoms with Crippen molar-refractivity contribution < 1.29 is 4.55 Å². The van der Waals surface area contributed by atoms with E-state index in [1.54, 1.807) is 15.6 Å².